The summed E-state index contributed by atoms with van der Waals surface area (Å²) in [5.41, 5.74) is 0. The highest BCUT2D eigenvalue weighted by atomic mass is 32.2. The van der Waals surface area contributed by atoms with Crippen LogP contribution in [0, 0.1) is 11.6 Å². The molecule has 0 radical (unpaired) electrons. The molecule has 0 bridgehead atoms. The summed E-state index contributed by atoms with van der Waals surface area (Å²) in [4.78, 5) is 7.98. The Hall–Kier alpha value is -1.21. The molecule has 96 valence electrons. The molecule has 2 aromatic heterocycles. The molecular weight excluding hydrogens is 276 g/mol. The van der Waals surface area contributed by atoms with Crippen molar-refractivity contribution in [3.05, 3.63) is 29.3 Å². The summed E-state index contributed by atoms with van der Waals surface area (Å²) >= 11 is 2.48. The van der Waals surface area contributed by atoms with Crippen molar-refractivity contribution in [2.24, 2.45) is 0 Å². The number of nitrogens with zero attached hydrogens (tertiary/aromatic N) is 2. The second-order valence-corrected chi connectivity index (χ2v) is 5.56. The highest BCUT2D eigenvalue weighted by Crippen LogP contribution is 2.31. The molecule has 0 aliphatic rings. The first kappa shape index (κ1) is 13.2. The molecule has 0 fully saturated rings. The van der Waals surface area contributed by atoms with Gasteiger partial charge < -0.3 is 5.32 Å². The summed E-state index contributed by atoms with van der Waals surface area (Å²) in [6.07, 6.45) is 2.47. The molecule has 0 saturated heterocycles. The topological polar surface area (TPSA) is 37.8 Å². The van der Waals surface area contributed by atoms with E-state index in [9.17, 15) is 8.78 Å². The lowest BCUT2D eigenvalue weighted by Crippen LogP contribution is -2.06. The molecule has 0 aliphatic carbocycles. The highest BCUT2D eigenvalue weighted by Gasteiger charge is 2.13. The minimum atomic E-state index is -0.676. The van der Waals surface area contributed by atoms with Gasteiger partial charge in [0, 0.05) is 24.2 Å². The van der Waals surface area contributed by atoms with Crippen molar-refractivity contribution < 1.29 is 8.78 Å². The summed E-state index contributed by atoms with van der Waals surface area (Å²) in [7, 11) is 0. The molecule has 3 nitrogen and oxygen atoms in total. The number of anilines is 1. The normalized spacial score (nSPS) is 10.6. The third-order valence-electron chi connectivity index (χ3n) is 2.03. The maximum absolute atomic E-state index is 13.6. The second kappa shape index (κ2) is 6.10. The third kappa shape index (κ3) is 3.17. The molecule has 0 aromatic carbocycles. The van der Waals surface area contributed by atoms with Gasteiger partial charge in [-0.15, -0.1) is 11.3 Å². The van der Waals surface area contributed by atoms with Crippen LogP contribution in [0.3, 0.4) is 0 Å². The Labute approximate surface area is 112 Å². The highest BCUT2D eigenvalue weighted by molar-refractivity contribution is 8.01. The van der Waals surface area contributed by atoms with Crippen LogP contribution in [-0.4, -0.2) is 16.5 Å². The van der Waals surface area contributed by atoms with Gasteiger partial charge in [0.05, 0.1) is 0 Å². The number of pyridine rings is 1. The summed E-state index contributed by atoms with van der Waals surface area (Å²) < 4.78 is 27.7. The molecule has 0 unspecified atom stereocenters. The zero-order valence-electron chi connectivity index (χ0n) is 9.61. The summed E-state index contributed by atoms with van der Waals surface area (Å²) in [5.74, 6) is -1.27. The van der Waals surface area contributed by atoms with E-state index >= 15 is 0 Å². The molecular formula is C11H11F2N3S2. The van der Waals surface area contributed by atoms with E-state index in [-0.39, 0.29) is 10.8 Å². The lowest BCUT2D eigenvalue weighted by molar-refractivity contribution is 0.551. The SMILES string of the molecule is CCCNc1nc(Sc2nccs2)c(F)cc1F. The molecule has 0 saturated carbocycles. The predicted octanol–water partition coefficient (Wildman–Crippen LogP) is 3.79. The Morgan fingerprint density at radius 1 is 1.39 bits per heavy atom. The zero-order chi connectivity index (χ0) is 13.0. The van der Waals surface area contributed by atoms with E-state index in [1.165, 1.54) is 11.3 Å². The number of thiazole rings is 1. The first-order valence-corrected chi connectivity index (χ1v) is 7.07. The van der Waals surface area contributed by atoms with Gasteiger partial charge in [0.25, 0.3) is 0 Å². The van der Waals surface area contributed by atoms with E-state index in [0.29, 0.717) is 10.9 Å². The molecule has 2 heterocycles. The molecule has 2 aromatic rings. The lowest BCUT2D eigenvalue weighted by Gasteiger charge is -2.07. The smallest absolute Gasteiger partial charge is 0.168 e. The number of nitrogens with one attached hydrogen (secondary N) is 1. The van der Waals surface area contributed by atoms with Gasteiger partial charge in [-0.1, -0.05) is 6.92 Å². The first-order chi connectivity index (χ1) is 8.70. The van der Waals surface area contributed by atoms with Gasteiger partial charge in [-0.3, -0.25) is 0 Å². The summed E-state index contributed by atoms with van der Waals surface area (Å²) in [6.45, 7) is 2.55. The van der Waals surface area contributed by atoms with E-state index in [2.05, 4.69) is 15.3 Å². The van der Waals surface area contributed by atoms with Crippen molar-refractivity contribution in [2.75, 3.05) is 11.9 Å². The fourth-order valence-electron chi connectivity index (χ4n) is 1.23. The Morgan fingerprint density at radius 3 is 2.89 bits per heavy atom. The molecule has 2 rings (SSSR count). The quantitative estimate of drug-likeness (QED) is 0.908. The average molecular weight is 287 g/mol. The van der Waals surface area contributed by atoms with Gasteiger partial charge in [-0.05, 0) is 18.2 Å². The molecule has 1 N–H and O–H groups in total. The Morgan fingerprint density at radius 2 is 2.22 bits per heavy atom. The largest absolute Gasteiger partial charge is 0.368 e. The zero-order valence-corrected chi connectivity index (χ0v) is 11.2. The molecule has 0 atom stereocenters. The van der Waals surface area contributed by atoms with Gasteiger partial charge in [0.15, 0.2) is 21.8 Å². The Bertz CT molecular complexity index is 517. The van der Waals surface area contributed by atoms with Crippen LogP contribution in [0.25, 0.3) is 0 Å². The van der Waals surface area contributed by atoms with E-state index in [4.69, 9.17) is 0 Å². The van der Waals surface area contributed by atoms with E-state index < -0.39 is 11.6 Å². The van der Waals surface area contributed by atoms with E-state index in [0.717, 1.165) is 24.2 Å². The van der Waals surface area contributed by atoms with E-state index in [1.54, 1.807) is 11.6 Å². The number of hydrogen-bond acceptors (Lipinski definition) is 5. The molecule has 0 aliphatic heterocycles. The average Bonchev–Trinajstić information content (AvgIpc) is 2.84. The van der Waals surface area contributed by atoms with Gasteiger partial charge in [0.1, 0.15) is 5.03 Å². The number of rotatable bonds is 5. The maximum Gasteiger partial charge on any atom is 0.168 e. The fourth-order valence-corrected chi connectivity index (χ4v) is 2.76. The summed E-state index contributed by atoms with van der Waals surface area (Å²) in [5, 5.41) is 4.75. The van der Waals surface area contributed by atoms with Crippen molar-refractivity contribution in [3.8, 4) is 0 Å². The van der Waals surface area contributed by atoms with Gasteiger partial charge in [0.2, 0.25) is 0 Å². The van der Waals surface area contributed by atoms with Gasteiger partial charge in [-0.25, -0.2) is 18.7 Å². The van der Waals surface area contributed by atoms with Crippen LogP contribution < -0.4 is 5.32 Å². The van der Waals surface area contributed by atoms with Crippen molar-refractivity contribution >= 4 is 28.9 Å². The number of hydrogen-bond donors (Lipinski definition) is 1. The Kier molecular flexibility index (Phi) is 4.48. The number of aromatic nitrogens is 2. The van der Waals surface area contributed by atoms with E-state index in [1.807, 2.05) is 6.92 Å². The van der Waals surface area contributed by atoms with Crippen molar-refractivity contribution in [1.82, 2.24) is 9.97 Å². The monoisotopic (exact) mass is 287 g/mol. The van der Waals surface area contributed by atoms with Crippen LogP contribution in [0.4, 0.5) is 14.6 Å². The molecule has 0 spiro atoms. The van der Waals surface area contributed by atoms with Crippen LogP contribution in [0.15, 0.2) is 27.0 Å². The van der Waals surface area contributed by atoms with Gasteiger partial charge >= 0.3 is 0 Å². The summed E-state index contributed by atoms with van der Waals surface area (Å²) in [6, 6.07) is 0.848. The molecule has 0 amide bonds. The first-order valence-electron chi connectivity index (χ1n) is 5.38. The molecule has 18 heavy (non-hydrogen) atoms. The second-order valence-electron chi connectivity index (χ2n) is 3.43. The van der Waals surface area contributed by atoms with Gasteiger partial charge in [-0.2, -0.15) is 0 Å². The van der Waals surface area contributed by atoms with Crippen LogP contribution in [0.2, 0.25) is 0 Å². The lowest BCUT2D eigenvalue weighted by atomic mass is 10.4. The fraction of sp³-hybridized carbons (Fsp3) is 0.273. The standard InChI is InChI=1S/C11H11F2N3S2/c1-2-3-14-9-7(12)6-8(13)10(16-9)18-11-15-4-5-17-11/h4-6H,2-3H2,1H3,(H,14,16). The number of halogens is 2. The van der Waals surface area contributed by atoms with Crippen molar-refractivity contribution in [3.63, 3.8) is 0 Å². The predicted molar refractivity (Wildman–Crippen MR) is 69.2 cm³/mol. The van der Waals surface area contributed by atoms with Crippen molar-refractivity contribution in [1.29, 1.82) is 0 Å². The Balaban J connectivity index is 2.23. The van der Waals surface area contributed by atoms with Crippen molar-refractivity contribution in [2.45, 2.75) is 22.7 Å². The minimum absolute atomic E-state index is 0.0808. The maximum atomic E-state index is 13.6. The van der Waals surface area contributed by atoms with Crippen LogP contribution in [0.5, 0.6) is 0 Å². The van der Waals surface area contributed by atoms with Crippen LogP contribution >= 0.6 is 23.1 Å². The molecule has 7 heteroatoms. The minimum Gasteiger partial charge on any atom is -0.368 e. The third-order valence-corrected chi connectivity index (χ3v) is 3.90. The van der Waals surface area contributed by atoms with Crippen LogP contribution in [0.1, 0.15) is 13.3 Å². The van der Waals surface area contributed by atoms with Crippen LogP contribution in [-0.2, 0) is 0 Å².